The van der Waals surface area contributed by atoms with Crippen LogP contribution in [0.3, 0.4) is 0 Å². The molecule has 0 aliphatic carbocycles. The number of halogens is 8. The van der Waals surface area contributed by atoms with Gasteiger partial charge in [0.25, 0.3) is 5.91 Å². The predicted octanol–water partition coefficient (Wildman–Crippen LogP) is 6.81. The number of aromatic nitrogens is 2. The topological polar surface area (TPSA) is 59.0 Å². The van der Waals surface area contributed by atoms with Crippen molar-refractivity contribution in [2.75, 3.05) is 19.6 Å². The fourth-order valence-corrected chi connectivity index (χ4v) is 4.07. The van der Waals surface area contributed by atoms with E-state index in [9.17, 15) is 31.1 Å². The van der Waals surface area contributed by atoms with Crippen molar-refractivity contribution in [2.24, 2.45) is 0 Å². The van der Waals surface area contributed by atoms with E-state index in [1.54, 1.807) is 30.7 Å². The Morgan fingerprint density at radius 2 is 1.63 bits per heavy atom. The molecule has 1 unspecified atom stereocenters. The van der Waals surface area contributed by atoms with Gasteiger partial charge in [0.1, 0.15) is 0 Å². The van der Waals surface area contributed by atoms with Crippen molar-refractivity contribution >= 4 is 29.1 Å². The van der Waals surface area contributed by atoms with Crippen molar-refractivity contribution in [1.82, 2.24) is 20.2 Å². The molecule has 0 spiro atoms. The lowest BCUT2D eigenvalue weighted by molar-refractivity contribution is -0.143. The Balaban J connectivity index is 1.68. The van der Waals surface area contributed by atoms with E-state index >= 15 is 0 Å². The number of carbonyl (C=O) groups is 1. The summed E-state index contributed by atoms with van der Waals surface area (Å²) in [6.45, 7) is 1.96. The molecule has 1 atom stereocenters. The van der Waals surface area contributed by atoms with E-state index in [1.807, 2.05) is 10.8 Å². The third kappa shape index (κ3) is 8.64. The number of nitrogens with one attached hydrogen (secondary N) is 2. The van der Waals surface area contributed by atoms with Crippen LogP contribution in [0.2, 0.25) is 10.0 Å². The molecule has 0 aliphatic heterocycles. The highest BCUT2D eigenvalue weighted by Gasteiger charge is 2.37. The maximum atomic E-state index is 13.2. The van der Waals surface area contributed by atoms with Gasteiger partial charge in [0.05, 0.1) is 27.5 Å². The summed E-state index contributed by atoms with van der Waals surface area (Å²) in [7, 11) is 0. The minimum Gasteiger partial charge on any atom is -0.351 e. The number of imidazole rings is 1. The third-order valence-electron chi connectivity index (χ3n) is 5.77. The van der Waals surface area contributed by atoms with Gasteiger partial charge >= 0.3 is 12.4 Å². The molecule has 3 aromatic rings. The van der Waals surface area contributed by atoms with Crippen molar-refractivity contribution in [3.8, 4) is 0 Å². The Kier molecular flexibility index (Phi) is 10.1. The maximum Gasteiger partial charge on any atom is 0.416 e. The van der Waals surface area contributed by atoms with Crippen LogP contribution in [0, 0.1) is 0 Å². The van der Waals surface area contributed by atoms with Gasteiger partial charge in [-0.05, 0) is 61.8 Å². The van der Waals surface area contributed by atoms with Crippen LogP contribution in [0.1, 0.15) is 45.8 Å². The second kappa shape index (κ2) is 12.9. The molecular weight excluding hydrogens is 557 g/mol. The second-order valence-electron chi connectivity index (χ2n) is 8.57. The molecule has 38 heavy (non-hydrogen) atoms. The van der Waals surface area contributed by atoms with E-state index in [1.165, 1.54) is 0 Å². The molecule has 5 nitrogen and oxygen atoms in total. The molecule has 0 radical (unpaired) electrons. The lowest BCUT2D eigenvalue weighted by Gasteiger charge is -2.20. The van der Waals surface area contributed by atoms with Crippen molar-refractivity contribution in [1.29, 1.82) is 0 Å². The van der Waals surface area contributed by atoms with E-state index in [0.717, 1.165) is 13.0 Å². The van der Waals surface area contributed by atoms with Crippen LogP contribution >= 0.6 is 23.2 Å². The minimum atomic E-state index is -5.05. The summed E-state index contributed by atoms with van der Waals surface area (Å²) in [5.74, 6) is -1.40. The standard InChI is InChI=1S/C25H24Cl2F6N4O/c26-21-3-2-16(12-22(21)27)17(4-6-34-5-1-8-37-9-7-35-15-37)14-36-23(38)18-10-19(24(28,29)30)13-20(11-18)25(31,32)33/h2-3,7,9-13,15,17,34H,1,4-6,8,14H2,(H,36,38). The monoisotopic (exact) mass is 580 g/mol. The zero-order chi connectivity index (χ0) is 27.9. The third-order valence-corrected chi connectivity index (χ3v) is 6.51. The Labute approximate surface area is 225 Å². The average molecular weight is 581 g/mol. The van der Waals surface area contributed by atoms with Crippen LogP contribution in [0.5, 0.6) is 0 Å². The first-order valence-electron chi connectivity index (χ1n) is 11.5. The first-order valence-corrected chi connectivity index (χ1v) is 12.3. The SMILES string of the molecule is O=C(NCC(CCNCCCn1ccnc1)c1ccc(Cl)c(Cl)c1)c1cc(C(F)(F)F)cc(C(F)(F)F)c1. The molecule has 3 rings (SSSR count). The Bertz CT molecular complexity index is 1180. The van der Waals surface area contributed by atoms with Crippen molar-refractivity contribution in [3.63, 3.8) is 0 Å². The molecule has 13 heteroatoms. The largest absolute Gasteiger partial charge is 0.416 e. The number of hydrogen-bond acceptors (Lipinski definition) is 3. The molecule has 1 aromatic heterocycles. The van der Waals surface area contributed by atoms with E-state index < -0.39 is 35.0 Å². The number of hydrogen-bond donors (Lipinski definition) is 2. The summed E-state index contributed by atoms with van der Waals surface area (Å²) in [4.78, 5) is 16.6. The van der Waals surface area contributed by atoms with Gasteiger partial charge < -0.3 is 15.2 Å². The second-order valence-corrected chi connectivity index (χ2v) is 9.38. The fraction of sp³-hybridized carbons (Fsp3) is 0.360. The molecule has 2 N–H and O–H groups in total. The van der Waals surface area contributed by atoms with Crippen molar-refractivity contribution in [2.45, 2.75) is 37.7 Å². The highest BCUT2D eigenvalue weighted by Crippen LogP contribution is 2.36. The summed E-state index contributed by atoms with van der Waals surface area (Å²) in [5.41, 5.74) is -3.14. The number of alkyl halides is 6. The van der Waals surface area contributed by atoms with E-state index in [0.29, 0.717) is 42.2 Å². The summed E-state index contributed by atoms with van der Waals surface area (Å²) in [5, 5.41) is 6.36. The summed E-state index contributed by atoms with van der Waals surface area (Å²) in [6.07, 6.45) is -3.52. The van der Waals surface area contributed by atoms with E-state index in [-0.39, 0.29) is 23.6 Å². The number of aryl methyl sites for hydroxylation is 1. The number of carbonyl (C=O) groups excluding carboxylic acids is 1. The van der Waals surface area contributed by atoms with Crippen LogP contribution in [0.15, 0.2) is 55.1 Å². The zero-order valence-electron chi connectivity index (χ0n) is 19.8. The minimum absolute atomic E-state index is 0.0201. The molecule has 0 bridgehead atoms. The molecule has 0 fully saturated rings. The van der Waals surface area contributed by atoms with Crippen molar-refractivity contribution < 1.29 is 31.1 Å². The number of benzene rings is 2. The average Bonchev–Trinajstić information content (AvgIpc) is 3.37. The summed E-state index contributed by atoms with van der Waals surface area (Å²) < 4.78 is 81.0. The number of amides is 1. The number of nitrogens with zero attached hydrogens (tertiary/aromatic N) is 2. The van der Waals surface area contributed by atoms with Crippen LogP contribution in [0.4, 0.5) is 26.3 Å². The molecule has 1 heterocycles. The van der Waals surface area contributed by atoms with Gasteiger partial charge in [-0.2, -0.15) is 26.3 Å². The number of rotatable bonds is 11. The van der Waals surface area contributed by atoms with E-state index in [2.05, 4.69) is 15.6 Å². The Morgan fingerprint density at radius 1 is 0.947 bits per heavy atom. The first-order chi connectivity index (χ1) is 17.8. The highest BCUT2D eigenvalue weighted by molar-refractivity contribution is 6.42. The van der Waals surface area contributed by atoms with Crippen molar-refractivity contribution in [3.05, 3.63) is 87.4 Å². The fourth-order valence-electron chi connectivity index (χ4n) is 3.76. The smallest absolute Gasteiger partial charge is 0.351 e. The van der Waals surface area contributed by atoms with Crippen LogP contribution in [-0.4, -0.2) is 35.1 Å². The summed E-state index contributed by atoms with van der Waals surface area (Å²) in [6, 6.07) is 5.69. The highest BCUT2D eigenvalue weighted by atomic mass is 35.5. The van der Waals surface area contributed by atoms with Crippen LogP contribution < -0.4 is 10.6 Å². The van der Waals surface area contributed by atoms with Crippen LogP contribution in [0.25, 0.3) is 0 Å². The molecule has 0 aliphatic rings. The molecule has 0 saturated heterocycles. The van der Waals surface area contributed by atoms with Crippen LogP contribution in [-0.2, 0) is 18.9 Å². The van der Waals surface area contributed by atoms with Gasteiger partial charge in [-0.3, -0.25) is 4.79 Å². The molecule has 2 aromatic carbocycles. The zero-order valence-corrected chi connectivity index (χ0v) is 21.4. The molecule has 206 valence electrons. The molecule has 0 saturated carbocycles. The Morgan fingerprint density at radius 3 is 2.21 bits per heavy atom. The summed E-state index contributed by atoms with van der Waals surface area (Å²) >= 11 is 12.1. The van der Waals surface area contributed by atoms with Gasteiger partial charge in [0.15, 0.2) is 0 Å². The van der Waals surface area contributed by atoms with Gasteiger partial charge in [-0.25, -0.2) is 4.98 Å². The van der Waals surface area contributed by atoms with Gasteiger partial charge in [0, 0.05) is 37.0 Å². The quantitative estimate of drug-likeness (QED) is 0.193. The normalized spacial score (nSPS) is 12.9. The maximum absolute atomic E-state index is 13.2. The van der Waals surface area contributed by atoms with E-state index in [4.69, 9.17) is 23.2 Å². The van der Waals surface area contributed by atoms with Gasteiger partial charge in [-0.15, -0.1) is 0 Å². The predicted molar refractivity (Wildman–Crippen MR) is 132 cm³/mol. The Hall–Kier alpha value is -2.76. The van der Waals surface area contributed by atoms with Gasteiger partial charge in [0.2, 0.25) is 0 Å². The lowest BCUT2D eigenvalue weighted by Crippen LogP contribution is -2.31. The lowest BCUT2D eigenvalue weighted by atomic mass is 9.95. The molecule has 1 amide bonds. The first kappa shape index (κ1) is 29.8. The molecular formula is C25H24Cl2F6N4O. The van der Waals surface area contributed by atoms with Gasteiger partial charge in [-0.1, -0.05) is 29.3 Å².